The number of nitrogens with zero attached hydrogens (tertiary/aromatic N) is 3. The van der Waals surface area contributed by atoms with Gasteiger partial charge in [0.25, 0.3) is 5.91 Å². The lowest BCUT2D eigenvalue weighted by atomic mass is 10.2. The number of anilines is 2. The van der Waals surface area contributed by atoms with Gasteiger partial charge in [0.05, 0.1) is 0 Å². The lowest BCUT2D eigenvalue weighted by Crippen LogP contribution is -2.32. The van der Waals surface area contributed by atoms with Gasteiger partial charge in [0.1, 0.15) is 10.6 Å². The predicted octanol–water partition coefficient (Wildman–Crippen LogP) is 0.225. The zero-order valence-corrected chi connectivity index (χ0v) is 11.8. The van der Waals surface area contributed by atoms with Gasteiger partial charge < -0.3 is 20.9 Å². The monoisotopic (exact) mass is 269 g/mol. The maximum atomic E-state index is 11.8. The van der Waals surface area contributed by atoms with Crippen LogP contribution in [0.5, 0.6) is 0 Å². The fourth-order valence-corrected chi connectivity index (χ4v) is 3.04. The zero-order chi connectivity index (χ0) is 13.3. The Kier molecular flexibility index (Phi) is 3.72. The minimum Gasteiger partial charge on any atom is -0.382 e. The third-order valence-corrected chi connectivity index (χ3v) is 4.26. The first-order valence-corrected chi connectivity index (χ1v) is 6.70. The van der Waals surface area contributed by atoms with E-state index in [4.69, 9.17) is 5.73 Å². The number of carbonyl (C=O) groups excluding carboxylic acids is 1. The molecule has 1 atom stereocenters. The number of hydrogen-bond acceptors (Lipinski definition) is 6. The molecule has 100 valence electrons. The minimum atomic E-state index is -0.162. The summed E-state index contributed by atoms with van der Waals surface area (Å²) in [6.07, 6.45) is 1.10. The molecule has 0 aromatic carbocycles. The topological polar surface area (TPSA) is 74.5 Å². The Bertz CT molecular complexity index is 445. The van der Waals surface area contributed by atoms with Crippen LogP contribution in [0.4, 0.5) is 10.8 Å². The zero-order valence-electron chi connectivity index (χ0n) is 10.9. The molecule has 0 radical (unpaired) electrons. The summed E-state index contributed by atoms with van der Waals surface area (Å²) in [6.45, 7) is 1.85. The van der Waals surface area contributed by atoms with E-state index in [1.54, 1.807) is 7.05 Å². The molecule has 1 amide bonds. The van der Waals surface area contributed by atoms with E-state index < -0.39 is 0 Å². The van der Waals surface area contributed by atoms with E-state index in [1.165, 1.54) is 11.5 Å². The number of nitrogens with two attached hydrogens (primary N) is 1. The third kappa shape index (κ3) is 2.28. The van der Waals surface area contributed by atoms with Crippen LogP contribution in [0, 0.1) is 0 Å². The van der Waals surface area contributed by atoms with Gasteiger partial charge in [0.2, 0.25) is 0 Å². The summed E-state index contributed by atoms with van der Waals surface area (Å²) in [7, 11) is 5.76. The van der Waals surface area contributed by atoms with Crippen molar-refractivity contribution in [2.45, 2.75) is 12.5 Å². The largest absolute Gasteiger partial charge is 0.382 e. The molecule has 0 bridgehead atoms. The van der Waals surface area contributed by atoms with Crippen LogP contribution in [-0.4, -0.2) is 55.5 Å². The van der Waals surface area contributed by atoms with Crippen molar-refractivity contribution in [3.8, 4) is 0 Å². The van der Waals surface area contributed by atoms with Gasteiger partial charge in [-0.2, -0.15) is 4.37 Å². The molecule has 7 heteroatoms. The van der Waals surface area contributed by atoms with Gasteiger partial charge in [-0.25, -0.2) is 0 Å². The SMILES string of the molecule is CNC(=O)c1c(N)nsc1N1CCC(N(C)C)C1. The second kappa shape index (κ2) is 5.11. The maximum Gasteiger partial charge on any atom is 0.257 e. The van der Waals surface area contributed by atoms with Crippen molar-refractivity contribution in [1.29, 1.82) is 0 Å². The average molecular weight is 269 g/mol. The van der Waals surface area contributed by atoms with E-state index in [1.807, 2.05) is 0 Å². The van der Waals surface area contributed by atoms with E-state index in [0.29, 0.717) is 17.4 Å². The first-order chi connectivity index (χ1) is 8.54. The van der Waals surface area contributed by atoms with Crippen molar-refractivity contribution in [2.24, 2.45) is 0 Å². The Morgan fingerprint density at radius 2 is 2.33 bits per heavy atom. The van der Waals surface area contributed by atoms with Crippen molar-refractivity contribution in [3.63, 3.8) is 0 Å². The molecule has 1 aliphatic heterocycles. The number of rotatable bonds is 3. The molecule has 1 aromatic heterocycles. The minimum absolute atomic E-state index is 0.162. The van der Waals surface area contributed by atoms with Gasteiger partial charge in [-0.15, -0.1) is 0 Å². The van der Waals surface area contributed by atoms with Crippen molar-refractivity contribution in [2.75, 3.05) is 44.9 Å². The molecule has 1 aliphatic rings. The van der Waals surface area contributed by atoms with Crippen LogP contribution in [-0.2, 0) is 0 Å². The van der Waals surface area contributed by atoms with Crippen molar-refractivity contribution >= 4 is 28.3 Å². The van der Waals surface area contributed by atoms with E-state index in [-0.39, 0.29) is 5.91 Å². The summed E-state index contributed by atoms with van der Waals surface area (Å²) in [5.41, 5.74) is 6.30. The summed E-state index contributed by atoms with van der Waals surface area (Å²) >= 11 is 1.30. The predicted molar refractivity (Wildman–Crippen MR) is 74.2 cm³/mol. The lowest BCUT2D eigenvalue weighted by molar-refractivity contribution is 0.0964. The summed E-state index contributed by atoms with van der Waals surface area (Å²) in [6, 6.07) is 0.519. The standard InChI is InChI=1S/C11H19N5OS/c1-13-10(17)8-9(12)14-18-11(8)16-5-4-7(6-16)15(2)3/h7H,4-6H2,1-3H3,(H2,12,14)(H,13,17). The smallest absolute Gasteiger partial charge is 0.257 e. The van der Waals surface area contributed by atoms with E-state index in [9.17, 15) is 4.79 Å². The summed E-state index contributed by atoms with van der Waals surface area (Å²) in [4.78, 5) is 16.2. The number of hydrogen-bond donors (Lipinski definition) is 2. The Labute approximate surface area is 111 Å². The van der Waals surface area contributed by atoms with Crippen molar-refractivity contribution in [3.05, 3.63) is 5.56 Å². The maximum absolute atomic E-state index is 11.8. The molecule has 1 saturated heterocycles. The van der Waals surface area contributed by atoms with Gasteiger partial charge in [0.15, 0.2) is 5.82 Å². The Hall–Kier alpha value is -1.34. The van der Waals surface area contributed by atoms with Crippen LogP contribution >= 0.6 is 11.5 Å². The highest BCUT2D eigenvalue weighted by atomic mass is 32.1. The molecule has 18 heavy (non-hydrogen) atoms. The summed E-state index contributed by atoms with van der Waals surface area (Å²) < 4.78 is 4.10. The van der Waals surface area contributed by atoms with Gasteiger partial charge in [-0.3, -0.25) is 4.79 Å². The molecular weight excluding hydrogens is 250 g/mol. The van der Waals surface area contributed by atoms with E-state index in [0.717, 1.165) is 24.5 Å². The third-order valence-electron chi connectivity index (χ3n) is 3.34. The van der Waals surface area contributed by atoms with Gasteiger partial charge in [0, 0.05) is 26.2 Å². The Balaban J connectivity index is 2.22. The second-order valence-electron chi connectivity index (χ2n) is 4.68. The number of amides is 1. The molecule has 2 heterocycles. The molecule has 1 unspecified atom stereocenters. The number of nitrogen functional groups attached to an aromatic ring is 1. The van der Waals surface area contributed by atoms with Gasteiger partial charge in [-0.1, -0.05) is 0 Å². The first-order valence-electron chi connectivity index (χ1n) is 5.93. The van der Waals surface area contributed by atoms with Crippen LogP contribution in [0.1, 0.15) is 16.8 Å². The Morgan fingerprint density at radius 1 is 1.61 bits per heavy atom. The molecule has 6 nitrogen and oxygen atoms in total. The Morgan fingerprint density at radius 3 is 2.89 bits per heavy atom. The second-order valence-corrected chi connectivity index (χ2v) is 5.43. The van der Waals surface area contributed by atoms with Crippen LogP contribution in [0.3, 0.4) is 0 Å². The van der Waals surface area contributed by atoms with Crippen molar-refractivity contribution in [1.82, 2.24) is 14.6 Å². The quantitative estimate of drug-likeness (QED) is 0.821. The van der Waals surface area contributed by atoms with Gasteiger partial charge >= 0.3 is 0 Å². The van der Waals surface area contributed by atoms with E-state index in [2.05, 4.69) is 33.6 Å². The van der Waals surface area contributed by atoms with Gasteiger partial charge in [-0.05, 0) is 32.0 Å². The highest BCUT2D eigenvalue weighted by Crippen LogP contribution is 2.33. The molecule has 3 N–H and O–H groups in total. The lowest BCUT2D eigenvalue weighted by Gasteiger charge is -2.21. The van der Waals surface area contributed by atoms with Crippen molar-refractivity contribution < 1.29 is 4.79 Å². The molecule has 1 aromatic rings. The number of aromatic nitrogens is 1. The average Bonchev–Trinajstić information content (AvgIpc) is 2.94. The van der Waals surface area contributed by atoms with Crippen LogP contribution in [0.15, 0.2) is 0 Å². The van der Waals surface area contributed by atoms with Crippen LogP contribution < -0.4 is 16.0 Å². The highest BCUT2D eigenvalue weighted by molar-refractivity contribution is 7.11. The fourth-order valence-electron chi connectivity index (χ4n) is 2.20. The molecule has 0 spiro atoms. The molecule has 2 rings (SSSR count). The number of likely N-dealkylation sites (N-methyl/N-ethyl adjacent to an activating group) is 1. The normalized spacial score (nSPS) is 19.6. The summed E-state index contributed by atoms with van der Waals surface area (Å²) in [5.74, 6) is 0.159. The first kappa shape index (κ1) is 13.1. The number of carbonyl (C=O) groups is 1. The highest BCUT2D eigenvalue weighted by Gasteiger charge is 2.29. The summed E-state index contributed by atoms with van der Waals surface area (Å²) in [5, 5.41) is 3.50. The van der Waals surface area contributed by atoms with Crippen LogP contribution in [0.25, 0.3) is 0 Å². The molecule has 0 saturated carbocycles. The fraction of sp³-hybridized carbons (Fsp3) is 0.636. The van der Waals surface area contributed by atoms with Crippen LogP contribution in [0.2, 0.25) is 0 Å². The number of nitrogens with one attached hydrogen (secondary N) is 1. The molecule has 1 fully saturated rings. The van der Waals surface area contributed by atoms with E-state index >= 15 is 0 Å². The molecule has 0 aliphatic carbocycles. The molecular formula is C11H19N5OS.